The molecule has 1 aromatic carbocycles. The van der Waals surface area contributed by atoms with Gasteiger partial charge in [0.1, 0.15) is 0 Å². The van der Waals surface area contributed by atoms with E-state index in [-0.39, 0.29) is 0 Å². The average molecular weight is 253 g/mol. The van der Waals surface area contributed by atoms with E-state index < -0.39 is 0 Å². The molecule has 1 heterocycles. The van der Waals surface area contributed by atoms with Crippen LogP contribution in [0.15, 0.2) is 23.1 Å². The topological polar surface area (TPSA) is 3.24 Å². The molecule has 0 aliphatic carbocycles. The van der Waals surface area contributed by atoms with Crippen LogP contribution in [0.1, 0.15) is 17.5 Å². The molecule has 1 nitrogen and oxygen atoms in total. The molecule has 0 N–H and O–H groups in total. The zero-order valence-electron chi connectivity index (χ0n) is 9.78. The molecule has 1 aliphatic rings. The molecule has 0 spiro atoms. The number of nitrogens with zero attached hydrogens (tertiary/aromatic N) is 1. The first-order valence-electron chi connectivity index (χ1n) is 5.83. The van der Waals surface area contributed by atoms with Crippen LogP contribution < -0.4 is 0 Å². The van der Waals surface area contributed by atoms with Gasteiger partial charge in [-0.25, -0.2) is 0 Å². The minimum Gasteiger partial charge on any atom is -0.297 e. The Hall–Kier alpha value is -0.120. The van der Waals surface area contributed by atoms with E-state index in [1.807, 2.05) is 11.8 Å². The standard InChI is InChI=1S/C13H19NS2/c1-14(10-15)7-6-11-4-5-13-12(9-11)3-2-8-16-13/h4-5,9,15H,2-3,6-8,10H2,1H3. The molecule has 0 saturated heterocycles. The zero-order chi connectivity index (χ0) is 11.4. The van der Waals surface area contributed by atoms with Crippen molar-refractivity contribution in [3.05, 3.63) is 29.3 Å². The van der Waals surface area contributed by atoms with Crippen LogP contribution in [0.25, 0.3) is 0 Å². The summed E-state index contributed by atoms with van der Waals surface area (Å²) in [6, 6.07) is 6.98. The summed E-state index contributed by atoms with van der Waals surface area (Å²) in [5, 5.41) is 0. The molecular formula is C13H19NS2. The van der Waals surface area contributed by atoms with Crippen LogP contribution in [0.4, 0.5) is 0 Å². The Morgan fingerprint density at radius 1 is 1.44 bits per heavy atom. The van der Waals surface area contributed by atoms with Gasteiger partial charge < -0.3 is 0 Å². The monoisotopic (exact) mass is 253 g/mol. The lowest BCUT2D eigenvalue weighted by atomic mass is 10.0. The van der Waals surface area contributed by atoms with Crippen LogP contribution in [0.2, 0.25) is 0 Å². The largest absolute Gasteiger partial charge is 0.297 e. The molecule has 2 rings (SSSR count). The van der Waals surface area contributed by atoms with E-state index in [1.165, 1.54) is 29.1 Å². The van der Waals surface area contributed by atoms with Gasteiger partial charge in [-0.15, -0.1) is 11.8 Å². The number of rotatable bonds is 4. The van der Waals surface area contributed by atoms with Gasteiger partial charge in [-0.3, -0.25) is 4.90 Å². The molecule has 0 fully saturated rings. The summed E-state index contributed by atoms with van der Waals surface area (Å²) in [5.74, 6) is 2.12. The van der Waals surface area contributed by atoms with Gasteiger partial charge in [-0.2, -0.15) is 12.6 Å². The highest BCUT2D eigenvalue weighted by Gasteiger charge is 2.09. The Morgan fingerprint density at radius 2 is 2.31 bits per heavy atom. The summed E-state index contributed by atoms with van der Waals surface area (Å²) < 4.78 is 0. The fourth-order valence-corrected chi connectivity index (χ4v) is 3.12. The average Bonchev–Trinajstić information content (AvgIpc) is 2.35. The quantitative estimate of drug-likeness (QED) is 0.649. The summed E-state index contributed by atoms with van der Waals surface area (Å²) in [4.78, 5) is 3.73. The maximum Gasteiger partial charge on any atom is 0.0411 e. The maximum atomic E-state index is 4.26. The van der Waals surface area contributed by atoms with Crippen molar-refractivity contribution in [1.29, 1.82) is 0 Å². The fraction of sp³-hybridized carbons (Fsp3) is 0.538. The SMILES string of the molecule is CN(CS)CCc1ccc2c(c1)CCCS2. The van der Waals surface area contributed by atoms with Crippen molar-refractivity contribution in [2.75, 3.05) is 25.2 Å². The summed E-state index contributed by atoms with van der Waals surface area (Å²) in [7, 11) is 2.11. The molecule has 0 unspecified atom stereocenters. The van der Waals surface area contributed by atoms with Gasteiger partial charge in [0.05, 0.1) is 0 Å². The first-order chi connectivity index (χ1) is 7.79. The molecular weight excluding hydrogens is 234 g/mol. The first-order valence-corrected chi connectivity index (χ1v) is 7.45. The summed E-state index contributed by atoms with van der Waals surface area (Å²) in [5.41, 5.74) is 3.03. The van der Waals surface area contributed by atoms with Gasteiger partial charge in [0.25, 0.3) is 0 Å². The molecule has 0 bridgehead atoms. The van der Waals surface area contributed by atoms with Crippen molar-refractivity contribution in [3.63, 3.8) is 0 Å². The highest BCUT2D eigenvalue weighted by Crippen LogP contribution is 2.30. The number of likely N-dealkylation sites (N-methyl/N-ethyl adjacent to an activating group) is 1. The predicted molar refractivity (Wildman–Crippen MR) is 75.7 cm³/mol. The van der Waals surface area contributed by atoms with Gasteiger partial charge in [0.2, 0.25) is 0 Å². The lowest BCUT2D eigenvalue weighted by molar-refractivity contribution is 0.399. The number of thiol groups is 1. The number of hydrogen-bond acceptors (Lipinski definition) is 3. The van der Waals surface area contributed by atoms with Crippen molar-refractivity contribution >= 4 is 24.4 Å². The van der Waals surface area contributed by atoms with Gasteiger partial charge >= 0.3 is 0 Å². The second kappa shape index (κ2) is 5.99. The highest BCUT2D eigenvalue weighted by atomic mass is 32.2. The Kier molecular flexibility index (Phi) is 4.62. The van der Waals surface area contributed by atoms with E-state index in [1.54, 1.807) is 5.56 Å². The smallest absolute Gasteiger partial charge is 0.0411 e. The second-order valence-corrected chi connectivity index (χ2v) is 5.78. The molecule has 1 aliphatic heterocycles. The van der Waals surface area contributed by atoms with Crippen LogP contribution in [0.5, 0.6) is 0 Å². The third-order valence-corrected chi connectivity index (χ3v) is 4.68. The van der Waals surface area contributed by atoms with Crippen LogP contribution >= 0.6 is 24.4 Å². The fourth-order valence-electron chi connectivity index (χ4n) is 1.96. The van der Waals surface area contributed by atoms with Crippen LogP contribution in [-0.2, 0) is 12.8 Å². The summed E-state index contributed by atoms with van der Waals surface area (Å²) in [6.07, 6.45) is 3.73. The van der Waals surface area contributed by atoms with Gasteiger partial charge in [-0.1, -0.05) is 12.1 Å². The van der Waals surface area contributed by atoms with Crippen LogP contribution in [0.3, 0.4) is 0 Å². The minimum absolute atomic E-state index is 0.834. The van der Waals surface area contributed by atoms with E-state index in [4.69, 9.17) is 0 Å². The molecule has 0 atom stereocenters. The number of hydrogen-bond donors (Lipinski definition) is 1. The maximum absolute atomic E-state index is 4.26. The molecule has 1 aromatic rings. The zero-order valence-corrected chi connectivity index (χ0v) is 11.5. The molecule has 0 saturated carbocycles. The molecule has 16 heavy (non-hydrogen) atoms. The lowest BCUT2D eigenvalue weighted by Crippen LogP contribution is -2.19. The number of aryl methyl sites for hydroxylation is 1. The van der Waals surface area contributed by atoms with Gasteiger partial charge in [0, 0.05) is 17.3 Å². The summed E-state index contributed by atoms with van der Waals surface area (Å²) in [6.45, 7) is 1.09. The van der Waals surface area contributed by atoms with Crippen molar-refractivity contribution in [1.82, 2.24) is 4.90 Å². The van der Waals surface area contributed by atoms with Gasteiger partial charge in [-0.05, 0) is 49.3 Å². The minimum atomic E-state index is 0.834. The normalized spacial score (nSPS) is 15.2. The Morgan fingerprint density at radius 3 is 3.12 bits per heavy atom. The number of fused-ring (bicyclic) bond motifs is 1. The van der Waals surface area contributed by atoms with Crippen LogP contribution in [-0.4, -0.2) is 30.1 Å². The summed E-state index contributed by atoms with van der Waals surface area (Å²) >= 11 is 6.27. The van der Waals surface area contributed by atoms with E-state index >= 15 is 0 Å². The Balaban J connectivity index is 2.00. The lowest BCUT2D eigenvalue weighted by Gasteiger charge is -2.17. The second-order valence-electron chi connectivity index (χ2n) is 4.37. The van der Waals surface area contributed by atoms with Crippen molar-refractivity contribution < 1.29 is 0 Å². The number of benzene rings is 1. The van der Waals surface area contributed by atoms with Crippen molar-refractivity contribution in [2.45, 2.75) is 24.2 Å². The van der Waals surface area contributed by atoms with E-state index in [9.17, 15) is 0 Å². The Bertz CT molecular complexity index is 352. The molecule has 3 heteroatoms. The third-order valence-electron chi connectivity index (χ3n) is 3.00. The Labute approximate surface area is 108 Å². The third kappa shape index (κ3) is 3.19. The van der Waals surface area contributed by atoms with Gasteiger partial charge in [0.15, 0.2) is 0 Å². The number of thioether (sulfide) groups is 1. The molecule has 0 radical (unpaired) electrons. The molecule has 0 amide bonds. The predicted octanol–water partition coefficient (Wildman–Crippen LogP) is 3.09. The van der Waals surface area contributed by atoms with Crippen molar-refractivity contribution in [2.24, 2.45) is 0 Å². The van der Waals surface area contributed by atoms with E-state index in [0.717, 1.165) is 18.8 Å². The van der Waals surface area contributed by atoms with E-state index in [2.05, 4.69) is 42.8 Å². The van der Waals surface area contributed by atoms with Crippen molar-refractivity contribution in [3.8, 4) is 0 Å². The molecule has 88 valence electrons. The van der Waals surface area contributed by atoms with Crippen LogP contribution in [0, 0.1) is 0 Å². The highest BCUT2D eigenvalue weighted by molar-refractivity contribution is 7.99. The first kappa shape index (κ1) is 12.3. The van der Waals surface area contributed by atoms with E-state index in [0.29, 0.717) is 0 Å². The molecule has 0 aromatic heterocycles.